The fourth-order valence-corrected chi connectivity index (χ4v) is 4.91. The summed E-state index contributed by atoms with van der Waals surface area (Å²) in [7, 11) is 0. The second-order valence-electron chi connectivity index (χ2n) is 10.5. The van der Waals surface area contributed by atoms with Crippen molar-refractivity contribution in [1.82, 2.24) is 10.6 Å². The Labute approximate surface area is 223 Å². The molecule has 0 saturated heterocycles. The standard InChI is InChI=1S/C33H57FN2/c1-4-6-7-8-9-10-11-12-13-14-15-16-17-18-19-20-21-23-30(3)36-27-25-31-24-26-35-29-32(31)28-33(34)22-5-2/h5,22,24,28,35-36H,2-4,6-21,23,25-27,29H2,1H3/b32-28+,33-22+. The molecule has 1 heterocycles. The van der Waals surface area contributed by atoms with E-state index in [-0.39, 0.29) is 5.83 Å². The molecule has 2 nitrogen and oxygen atoms in total. The highest BCUT2D eigenvalue weighted by molar-refractivity contribution is 5.39. The number of hydrogen-bond donors (Lipinski definition) is 2. The predicted octanol–water partition coefficient (Wildman–Crippen LogP) is 10.0. The van der Waals surface area contributed by atoms with Gasteiger partial charge in [0.25, 0.3) is 0 Å². The van der Waals surface area contributed by atoms with Gasteiger partial charge in [0.05, 0.1) is 0 Å². The van der Waals surface area contributed by atoms with Crippen molar-refractivity contribution in [3.63, 3.8) is 0 Å². The van der Waals surface area contributed by atoms with Crippen LogP contribution >= 0.6 is 0 Å². The molecule has 0 fully saturated rings. The molecule has 0 aromatic rings. The van der Waals surface area contributed by atoms with E-state index in [1.165, 1.54) is 127 Å². The van der Waals surface area contributed by atoms with E-state index in [2.05, 4.69) is 36.8 Å². The first-order chi connectivity index (χ1) is 17.7. The maximum Gasteiger partial charge on any atom is 0.123 e. The average Bonchev–Trinajstić information content (AvgIpc) is 2.87. The highest BCUT2D eigenvalue weighted by Gasteiger charge is 2.10. The Kier molecular flexibility index (Phi) is 21.4. The molecule has 0 aliphatic carbocycles. The summed E-state index contributed by atoms with van der Waals surface area (Å²) in [5, 5.41) is 6.76. The van der Waals surface area contributed by atoms with Crippen LogP contribution in [0.3, 0.4) is 0 Å². The van der Waals surface area contributed by atoms with E-state index >= 15 is 0 Å². The van der Waals surface area contributed by atoms with Crippen LogP contribution in [0, 0.1) is 0 Å². The number of allylic oxidation sites excluding steroid dienone is 5. The van der Waals surface area contributed by atoms with Crippen molar-refractivity contribution in [3.05, 3.63) is 60.1 Å². The molecule has 2 N–H and O–H groups in total. The first-order valence-corrected chi connectivity index (χ1v) is 15.2. The summed E-state index contributed by atoms with van der Waals surface area (Å²) in [4.78, 5) is 0. The molecule has 0 aromatic heterocycles. The van der Waals surface area contributed by atoms with Crippen LogP contribution in [-0.2, 0) is 0 Å². The van der Waals surface area contributed by atoms with E-state index in [1.54, 1.807) is 6.08 Å². The first kappa shape index (κ1) is 32.4. The van der Waals surface area contributed by atoms with Gasteiger partial charge in [0.2, 0.25) is 0 Å². The maximum atomic E-state index is 13.8. The quantitative estimate of drug-likeness (QED) is 0.102. The van der Waals surface area contributed by atoms with Gasteiger partial charge in [-0.15, -0.1) is 0 Å². The second kappa shape index (κ2) is 23.8. The average molecular weight is 501 g/mol. The van der Waals surface area contributed by atoms with Crippen LogP contribution in [0.5, 0.6) is 0 Å². The van der Waals surface area contributed by atoms with Crippen molar-refractivity contribution < 1.29 is 4.39 Å². The summed E-state index contributed by atoms with van der Waals surface area (Å²) >= 11 is 0. The van der Waals surface area contributed by atoms with Gasteiger partial charge >= 0.3 is 0 Å². The second-order valence-corrected chi connectivity index (χ2v) is 10.5. The van der Waals surface area contributed by atoms with E-state index < -0.39 is 0 Å². The van der Waals surface area contributed by atoms with Gasteiger partial charge in [-0.25, -0.2) is 4.39 Å². The van der Waals surface area contributed by atoms with Gasteiger partial charge in [-0.1, -0.05) is 135 Å². The van der Waals surface area contributed by atoms with Crippen LogP contribution in [0.1, 0.15) is 129 Å². The van der Waals surface area contributed by atoms with Crippen LogP contribution in [0.25, 0.3) is 0 Å². The van der Waals surface area contributed by atoms with Gasteiger partial charge in [-0.2, -0.15) is 0 Å². The number of hydrogen-bond acceptors (Lipinski definition) is 2. The van der Waals surface area contributed by atoms with Crippen molar-refractivity contribution in [1.29, 1.82) is 0 Å². The molecule has 0 spiro atoms. The molecular weight excluding hydrogens is 443 g/mol. The zero-order valence-corrected chi connectivity index (χ0v) is 23.7. The van der Waals surface area contributed by atoms with Crippen LogP contribution in [-0.4, -0.2) is 19.6 Å². The SMILES string of the molecule is C=C/C=C(F)\C=C1/CNCC=C1CCNC(=C)CCCCCCCCCCCCCCCCCCC. The van der Waals surface area contributed by atoms with Crippen molar-refractivity contribution in [2.45, 2.75) is 129 Å². The fourth-order valence-electron chi connectivity index (χ4n) is 4.91. The zero-order chi connectivity index (χ0) is 26.1. The Morgan fingerprint density at radius 3 is 1.94 bits per heavy atom. The van der Waals surface area contributed by atoms with Crippen molar-refractivity contribution in [2.75, 3.05) is 19.6 Å². The molecule has 0 aromatic carbocycles. The highest BCUT2D eigenvalue weighted by Crippen LogP contribution is 2.19. The van der Waals surface area contributed by atoms with Gasteiger partial charge in [0, 0.05) is 25.3 Å². The van der Waals surface area contributed by atoms with Gasteiger partial charge < -0.3 is 10.6 Å². The minimum absolute atomic E-state index is 0.245. The molecule has 206 valence electrons. The lowest BCUT2D eigenvalue weighted by molar-refractivity contribution is 0.526. The molecule has 0 saturated carbocycles. The minimum atomic E-state index is -0.245. The number of nitrogens with one attached hydrogen (secondary N) is 2. The Balaban J connectivity index is 1.92. The summed E-state index contributed by atoms with van der Waals surface area (Å²) in [6.07, 6.45) is 32.5. The maximum absolute atomic E-state index is 13.8. The van der Waals surface area contributed by atoms with E-state index in [4.69, 9.17) is 0 Å². The normalized spacial score (nSPS) is 15.2. The number of halogens is 1. The predicted molar refractivity (Wildman–Crippen MR) is 159 cm³/mol. The Morgan fingerprint density at radius 2 is 1.42 bits per heavy atom. The molecule has 0 atom stereocenters. The zero-order valence-electron chi connectivity index (χ0n) is 23.7. The van der Waals surface area contributed by atoms with Crippen LogP contribution in [0.4, 0.5) is 4.39 Å². The summed E-state index contributed by atoms with van der Waals surface area (Å²) < 4.78 is 13.8. The van der Waals surface area contributed by atoms with Crippen LogP contribution < -0.4 is 10.6 Å². The largest absolute Gasteiger partial charge is 0.388 e. The molecule has 0 bridgehead atoms. The summed E-state index contributed by atoms with van der Waals surface area (Å²) in [5.41, 5.74) is 3.38. The van der Waals surface area contributed by atoms with E-state index in [0.29, 0.717) is 6.54 Å². The van der Waals surface area contributed by atoms with Gasteiger partial charge in [0.1, 0.15) is 5.83 Å². The number of rotatable bonds is 24. The Bertz CT molecular complexity index is 659. The molecule has 36 heavy (non-hydrogen) atoms. The summed E-state index contributed by atoms with van der Waals surface area (Å²) in [5.74, 6) is -0.245. The Hall–Kier alpha value is -1.61. The molecule has 3 heteroatoms. The lowest BCUT2D eigenvalue weighted by Crippen LogP contribution is -2.25. The van der Waals surface area contributed by atoms with E-state index in [0.717, 1.165) is 37.2 Å². The number of unbranched alkanes of at least 4 members (excludes halogenated alkanes) is 16. The third kappa shape index (κ3) is 18.6. The van der Waals surface area contributed by atoms with Crippen LogP contribution in [0.2, 0.25) is 0 Å². The lowest BCUT2D eigenvalue weighted by Gasteiger charge is -2.19. The summed E-state index contributed by atoms with van der Waals surface area (Å²) in [6, 6.07) is 0. The van der Waals surface area contributed by atoms with Crippen molar-refractivity contribution in [3.8, 4) is 0 Å². The van der Waals surface area contributed by atoms with Crippen molar-refractivity contribution in [2.24, 2.45) is 0 Å². The summed E-state index contributed by atoms with van der Waals surface area (Å²) in [6.45, 7) is 12.5. The van der Waals surface area contributed by atoms with Crippen molar-refractivity contribution >= 4 is 0 Å². The smallest absolute Gasteiger partial charge is 0.123 e. The molecule has 1 aliphatic rings. The molecule has 0 amide bonds. The van der Waals surface area contributed by atoms with E-state index in [9.17, 15) is 4.39 Å². The molecule has 1 rings (SSSR count). The van der Waals surface area contributed by atoms with Crippen LogP contribution in [0.15, 0.2) is 60.1 Å². The monoisotopic (exact) mass is 500 g/mol. The molecule has 0 radical (unpaired) electrons. The molecule has 1 aliphatic heterocycles. The minimum Gasteiger partial charge on any atom is -0.388 e. The van der Waals surface area contributed by atoms with Gasteiger partial charge in [-0.3, -0.25) is 0 Å². The van der Waals surface area contributed by atoms with E-state index in [1.807, 2.05) is 0 Å². The highest BCUT2D eigenvalue weighted by atomic mass is 19.1. The Morgan fingerprint density at radius 1 is 0.889 bits per heavy atom. The topological polar surface area (TPSA) is 24.1 Å². The third-order valence-corrected chi connectivity index (χ3v) is 7.16. The van der Waals surface area contributed by atoms with Gasteiger partial charge in [-0.05, 0) is 42.6 Å². The lowest BCUT2D eigenvalue weighted by atomic mass is 9.98. The molecule has 0 unspecified atom stereocenters. The molecular formula is C33H57FN2. The third-order valence-electron chi connectivity index (χ3n) is 7.16. The first-order valence-electron chi connectivity index (χ1n) is 15.2. The van der Waals surface area contributed by atoms with Gasteiger partial charge in [0.15, 0.2) is 0 Å². The fraction of sp³-hybridized carbons (Fsp3) is 0.697.